The zero-order valence-electron chi connectivity index (χ0n) is 17.9. The van der Waals surface area contributed by atoms with E-state index in [1.807, 2.05) is 6.92 Å². The van der Waals surface area contributed by atoms with Crippen LogP contribution in [-0.2, 0) is 26.4 Å². The number of fused-ring (bicyclic) bond motifs is 1. The molecule has 10 heteroatoms. The van der Waals surface area contributed by atoms with Gasteiger partial charge < -0.3 is 14.8 Å². The zero-order chi connectivity index (χ0) is 23.0. The monoisotopic (exact) mass is 461 g/mol. The number of amides is 1. The second-order valence-corrected chi connectivity index (χ2v) is 10.0. The summed E-state index contributed by atoms with van der Waals surface area (Å²) in [5.74, 6) is 0.504. The summed E-state index contributed by atoms with van der Waals surface area (Å²) in [4.78, 5) is 13.2. The second-order valence-electron chi connectivity index (χ2n) is 8.00. The Morgan fingerprint density at radius 3 is 2.62 bits per heavy atom. The first kappa shape index (κ1) is 22.1. The van der Waals surface area contributed by atoms with Crippen molar-refractivity contribution in [1.29, 1.82) is 0 Å². The Bertz CT molecular complexity index is 1200. The quantitative estimate of drug-likeness (QED) is 0.710. The molecule has 1 amide bonds. The highest BCUT2D eigenvalue weighted by atomic mass is 32.2. The summed E-state index contributed by atoms with van der Waals surface area (Å²) >= 11 is 0. The molecule has 0 spiro atoms. The third-order valence-electron chi connectivity index (χ3n) is 5.52. The minimum absolute atomic E-state index is 0.175. The van der Waals surface area contributed by atoms with Crippen LogP contribution in [0.3, 0.4) is 0 Å². The highest BCUT2D eigenvalue weighted by Crippen LogP contribution is 2.43. The number of carbonyl (C=O) groups is 1. The number of carbonyl (C=O) groups excluding carboxylic acids is 1. The van der Waals surface area contributed by atoms with E-state index in [9.17, 15) is 17.6 Å². The van der Waals surface area contributed by atoms with E-state index in [-0.39, 0.29) is 16.7 Å². The van der Waals surface area contributed by atoms with Crippen LogP contribution in [0.2, 0.25) is 0 Å². The molecule has 1 aromatic heterocycles. The lowest BCUT2D eigenvalue weighted by atomic mass is 9.83. The Kier molecular flexibility index (Phi) is 5.81. The van der Waals surface area contributed by atoms with Crippen molar-refractivity contribution >= 4 is 21.6 Å². The van der Waals surface area contributed by atoms with Gasteiger partial charge in [0.1, 0.15) is 30.0 Å². The molecule has 1 aliphatic carbocycles. The van der Waals surface area contributed by atoms with E-state index in [2.05, 4.69) is 10.4 Å². The van der Waals surface area contributed by atoms with Crippen molar-refractivity contribution in [3.63, 3.8) is 0 Å². The van der Waals surface area contributed by atoms with E-state index in [0.717, 1.165) is 6.26 Å². The van der Waals surface area contributed by atoms with Gasteiger partial charge in [0.25, 0.3) is 0 Å². The van der Waals surface area contributed by atoms with Gasteiger partial charge in [-0.05, 0) is 30.3 Å². The number of nitrogens with zero attached hydrogens (tertiary/aromatic N) is 2. The van der Waals surface area contributed by atoms with Crippen molar-refractivity contribution in [2.45, 2.75) is 24.3 Å². The Balaban J connectivity index is 1.63. The third kappa shape index (κ3) is 4.40. The van der Waals surface area contributed by atoms with Crippen molar-refractivity contribution in [2.24, 2.45) is 18.9 Å². The van der Waals surface area contributed by atoms with E-state index >= 15 is 0 Å². The van der Waals surface area contributed by atoms with E-state index in [4.69, 9.17) is 9.47 Å². The van der Waals surface area contributed by atoms with Crippen LogP contribution in [0.25, 0.3) is 0 Å². The maximum atomic E-state index is 13.3. The molecule has 3 atom stereocenters. The second kappa shape index (κ2) is 8.42. The lowest BCUT2D eigenvalue weighted by Gasteiger charge is -2.28. The molecule has 2 heterocycles. The summed E-state index contributed by atoms with van der Waals surface area (Å²) in [5.41, 5.74) is 0.717. The third-order valence-corrected chi connectivity index (χ3v) is 6.65. The molecule has 8 nitrogen and oxygen atoms in total. The van der Waals surface area contributed by atoms with E-state index in [0.29, 0.717) is 35.1 Å². The molecule has 1 N–H and O–H groups in total. The van der Waals surface area contributed by atoms with Crippen molar-refractivity contribution in [1.82, 2.24) is 9.78 Å². The molecule has 2 aliphatic rings. The standard InChI is InChI=1S/C22H24FN3O5S/c1-13-17(22(27)24-20-8-9-26(2)25-20)11-19-18(10-15(12-23)30-19)21(13)31-14-4-6-16(7-5-14)32(3,28)29/h4-9,11,13,15,17H,10,12H2,1-3H3,(H,24,25,27). The first-order chi connectivity index (χ1) is 15.2. The molecule has 3 unspecified atom stereocenters. The largest absolute Gasteiger partial charge is 0.487 e. The number of hydrogen-bond donors (Lipinski definition) is 1. The molecule has 32 heavy (non-hydrogen) atoms. The summed E-state index contributed by atoms with van der Waals surface area (Å²) < 4.78 is 50.2. The first-order valence-corrected chi connectivity index (χ1v) is 12.0. The molecule has 0 radical (unpaired) electrons. The average molecular weight is 462 g/mol. The highest BCUT2D eigenvalue weighted by Gasteiger charge is 2.40. The minimum atomic E-state index is -3.34. The van der Waals surface area contributed by atoms with Crippen molar-refractivity contribution in [2.75, 3.05) is 18.2 Å². The summed E-state index contributed by atoms with van der Waals surface area (Å²) in [6.45, 7) is 1.20. The number of rotatable bonds is 6. The first-order valence-electron chi connectivity index (χ1n) is 10.1. The zero-order valence-corrected chi connectivity index (χ0v) is 18.7. The van der Waals surface area contributed by atoms with Crippen LogP contribution in [0.4, 0.5) is 10.2 Å². The van der Waals surface area contributed by atoms with Gasteiger partial charge in [0.15, 0.2) is 15.7 Å². The maximum absolute atomic E-state index is 13.3. The van der Waals surface area contributed by atoms with E-state index in [1.165, 1.54) is 12.1 Å². The number of anilines is 1. The minimum Gasteiger partial charge on any atom is -0.487 e. The Morgan fingerprint density at radius 1 is 1.31 bits per heavy atom. The summed E-state index contributed by atoms with van der Waals surface area (Å²) in [6.07, 6.45) is 4.25. The smallest absolute Gasteiger partial charge is 0.233 e. The average Bonchev–Trinajstić information content (AvgIpc) is 3.35. The lowest BCUT2D eigenvalue weighted by molar-refractivity contribution is -0.119. The fourth-order valence-corrected chi connectivity index (χ4v) is 4.47. The Morgan fingerprint density at radius 2 is 2.03 bits per heavy atom. The number of aryl methyl sites for hydroxylation is 1. The number of allylic oxidation sites excluding steroid dienone is 2. The summed E-state index contributed by atoms with van der Waals surface area (Å²) in [7, 11) is -1.58. The molecule has 1 aliphatic heterocycles. The molecule has 2 aromatic rings. The molecular formula is C22H24FN3O5S. The molecule has 1 fully saturated rings. The van der Waals surface area contributed by atoms with Gasteiger partial charge in [-0.3, -0.25) is 9.48 Å². The number of halogens is 1. The predicted molar refractivity (Wildman–Crippen MR) is 115 cm³/mol. The Labute approximate surface area is 185 Å². The number of hydrogen-bond acceptors (Lipinski definition) is 6. The van der Waals surface area contributed by atoms with Crippen molar-refractivity contribution < 1.29 is 27.1 Å². The number of ether oxygens (including phenoxy) is 2. The fraction of sp³-hybridized carbons (Fsp3) is 0.364. The van der Waals surface area contributed by atoms with Gasteiger partial charge in [-0.25, -0.2) is 12.8 Å². The van der Waals surface area contributed by atoms with Crippen LogP contribution in [0.15, 0.2) is 64.6 Å². The molecule has 4 rings (SSSR count). The van der Waals surface area contributed by atoms with Gasteiger partial charge in [0.2, 0.25) is 5.91 Å². The van der Waals surface area contributed by atoms with Gasteiger partial charge in [-0.1, -0.05) is 6.92 Å². The van der Waals surface area contributed by atoms with Gasteiger partial charge in [-0.15, -0.1) is 0 Å². The van der Waals surface area contributed by atoms with Crippen molar-refractivity contribution in [3.8, 4) is 5.75 Å². The molecule has 0 bridgehead atoms. The molecule has 1 saturated heterocycles. The molecule has 0 saturated carbocycles. The van der Waals surface area contributed by atoms with E-state index < -0.39 is 28.5 Å². The SMILES string of the molecule is CC1C(Oc2ccc(S(C)(=O)=O)cc2)=C2CC(CF)OC2=CC1C(=O)Nc1ccn(C)n1. The van der Waals surface area contributed by atoms with Crippen LogP contribution in [-0.4, -0.2) is 43.1 Å². The number of benzene rings is 1. The van der Waals surface area contributed by atoms with Gasteiger partial charge in [0, 0.05) is 43.5 Å². The van der Waals surface area contributed by atoms with Gasteiger partial charge >= 0.3 is 0 Å². The van der Waals surface area contributed by atoms with Crippen molar-refractivity contribution in [3.05, 3.63) is 59.7 Å². The molecular weight excluding hydrogens is 437 g/mol. The van der Waals surface area contributed by atoms with Crippen LogP contribution < -0.4 is 10.1 Å². The normalized spacial score (nSPS) is 22.8. The van der Waals surface area contributed by atoms with E-state index in [1.54, 1.807) is 42.2 Å². The molecule has 170 valence electrons. The van der Waals surface area contributed by atoms with Crippen LogP contribution in [0, 0.1) is 11.8 Å². The number of sulfone groups is 1. The lowest BCUT2D eigenvalue weighted by Crippen LogP contribution is -2.32. The van der Waals surface area contributed by atoms with Gasteiger partial charge in [-0.2, -0.15) is 5.10 Å². The molecule has 1 aromatic carbocycles. The highest BCUT2D eigenvalue weighted by molar-refractivity contribution is 7.90. The number of aromatic nitrogens is 2. The summed E-state index contributed by atoms with van der Waals surface area (Å²) in [5, 5.41) is 6.95. The fourth-order valence-electron chi connectivity index (χ4n) is 3.84. The van der Waals surface area contributed by atoms with Gasteiger partial charge in [0.05, 0.1) is 10.8 Å². The number of alkyl halides is 1. The number of nitrogens with one attached hydrogen (secondary N) is 1. The summed E-state index contributed by atoms with van der Waals surface area (Å²) in [6, 6.07) is 7.72. The Hall–Kier alpha value is -3.14. The topological polar surface area (TPSA) is 99.5 Å². The van der Waals surface area contributed by atoms with Crippen LogP contribution in [0.1, 0.15) is 13.3 Å². The maximum Gasteiger partial charge on any atom is 0.233 e. The van der Waals surface area contributed by atoms with Crippen LogP contribution >= 0.6 is 0 Å². The van der Waals surface area contributed by atoms with Crippen LogP contribution in [0.5, 0.6) is 5.75 Å². The predicted octanol–water partition coefficient (Wildman–Crippen LogP) is 3.00.